The Labute approximate surface area is 126 Å². The summed E-state index contributed by atoms with van der Waals surface area (Å²) in [5.74, 6) is 0.0591. The Bertz CT molecular complexity index is 678. The first-order valence-corrected chi connectivity index (χ1v) is 6.64. The normalized spacial score (nSPS) is 12.5. The molecule has 0 aliphatic carbocycles. The highest BCUT2D eigenvalue weighted by atomic mass is 19.4. The number of pyridine rings is 1. The molecule has 0 N–H and O–H groups in total. The van der Waals surface area contributed by atoms with Crippen LogP contribution >= 0.6 is 0 Å². The van der Waals surface area contributed by atoms with Crippen LogP contribution < -0.4 is 4.74 Å². The maximum Gasteiger partial charge on any atom is 0.417 e. The van der Waals surface area contributed by atoms with Gasteiger partial charge in [-0.15, -0.1) is 0 Å². The van der Waals surface area contributed by atoms with Crippen LogP contribution in [0.1, 0.15) is 36.3 Å². The van der Waals surface area contributed by atoms with Crippen molar-refractivity contribution in [2.45, 2.75) is 25.6 Å². The Morgan fingerprint density at radius 2 is 2.05 bits per heavy atom. The van der Waals surface area contributed by atoms with Gasteiger partial charge in [0.05, 0.1) is 22.9 Å². The molecular formula is C16H13F3N2O. The standard InChI is InChI=1S/C16H13F3N2O/c1-2-15(14-5-3-4-8-21-14)22-12-7-6-11(10-20)13(9-12)16(17,18)19/h3-9,15H,2H2,1H3. The number of rotatable bonds is 4. The van der Waals surface area contributed by atoms with Crippen LogP contribution in [0.5, 0.6) is 5.75 Å². The molecule has 0 amide bonds. The fourth-order valence-corrected chi connectivity index (χ4v) is 2.01. The molecule has 6 heteroatoms. The molecule has 1 aromatic carbocycles. The lowest BCUT2D eigenvalue weighted by molar-refractivity contribution is -0.137. The minimum Gasteiger partial charge on any atom is -0.484 e. The van der Waals surface area contributed by atoms with E-state index < -0.39 is 23.4 Å². The van der Waals surface area contributed by atoms with Gasteiger partial charge in [0.15, 0.2) is 0 Å². The molecule has 0 radical (unpaired) electrons. The van der Waals surface area contributed by atoms with E-state index in [2.05, 4.69) is 4.98 Å². The fraction of sp³-hybridized carbons (Fsp3) is 0.250. The summed E-state index contributed by atoms with van der Waals surface area (Å²) in [6.45, 7) is 1.85. The van der Waals surface area contributed by atoms with Crippen molar-refractivity contribution in [1.82, 2.24) is 4.98 Å². The fourth-order valence-electron chi connectivity index (χ4n) is 2.01. The smallest absolute Gasteiger partial charge is 0.417 e. The van der Waals surface area contributed by atoms with Gasteiger partial charge in [0.1, 0.15) is 11.9 Å². The lowest BCUT2D eigenvalue weighted by Crippen LogP contribution is -2.11. The molecule has 0 saturated heterocycles. The number of nitrogens with zero attached hydrogens (tertiary/aromatic N) is 2. The highest BCUT2D eigenvalue weighted by molar-refractivity contribution is 5.44. The van der Waals surface area contributed by atoms with E-state index in [0.29, 0.717) is 12.1 Å². The minimum atomic E-state index is -4.60. The largest absolute Gasteiger partial charge is 0.484 e. The lowest BCUT2D eigenvalue weighted by Gasteiger charge is -2.18. The first kappa shape index (κ1) is 15.8. The molecule has 1 aromatic heterocycles. The van der Waals surface area contributed by atoms with Crippen molar-refractivity contribution in [1.29, 1.82) is 5.26 Å². The number of ether oxygens (including phenoxy) is 1. The monoisotopic (exact) mass is 306 g/mol. The molecule has 2 aromatic rings. The summed E-state index contributed by atoms with van der Waals surface area (Å²) in [5.41, 5.74) is -0.781. The zero-order valence-electron chi connectivity index (χ0n) is 11.8. The Kier molecular flexibility index (Phi) is 4.66. The van der Waals surface area contributed by atoms with Gasteiger partial charge >= 0.3 is 6.18 Å². The van der Waals surface area contributed by atoms with Crippen LogP contribution in [-0.4, -0.2) is 4.98 Å². The van der Waals surface area contributed by atoms with Gasteiger partial charge in [0.25, 0.3) is 0 Å². The van der Waals surface area contributed by atoms with E-state index in [1.165, 1.54) is 6.07 Å². The molecule has 0 bridgehead atoms. The molecule has 1 unspecified atom stereocenters. The molecule has 0 aliphatic heterocycles. The molecule has 0 aliphatic rings. The predicted molar refractivity (Wildman–Crippen MR) is 74.1 cm³/mol. The molecule has 0 spiro atoms. The zero-order valence-corrected chi connectivity index (χ0v) is 11.8. The number of alkyl halides is 3. The second-order valence-electron chi connectivity index (χ2n) is 4.59. The highest BCUT2D eigenvalue weighted by Gasteiger charge is 2.34. The summed E-state index contributed by atoms with van der Waals surface area (Å²) >= 11 is 0. The van der Waals surface area contributed by atoms with Crippen molar-refractivity contribution in [3.63, 3.8) is 0 Å². The average molecular weight is 306 g/mol. The number of hydrogen-bond donors (Lipinski definition) is 0. The Balaban J connectivity index is 2.32. The minimum absolute atomic E-state index is 0.0591. The Morgan fingerprint density at radius 1 is 1.27 bits per heavy atom. The SMILES string of the molecule is CCC(Oc1ccc(C#N)c(C(F)(F)F)c1)c1ccccn1. The molecule has 0 saturated carbocycles. The lowest BCUT2D eigenvalue weighted by atomic mass is 10.1. The van der Waals surface area contributed by atoms with Crippen LogP contribution in [0.15, 0.2) is 42.6 Å². The third-order valence-corrected chi connectivity index (χ3v) is 3.08. The van der Waals surface area contributed by atoms with Gasteiger partial charge in [-0.05, 0) is 36.8 Å². The van der Waals surface area contributed by atoms with Crippen molar-refractivity contribution < 1.29 is 17.9 Å². The maximum absolute atomic E-state index is 12.9. The highest BCUT2D eigenvalue weighted by Crippen LogP contribution is 2.35. The van der Waals surface area contributed by atoms with Crippen LogP contribution in [0, 0.1) is 11.3 Å². The zero-order chi connectivity index (χ0) is 16.2. The van der Waals surface area contributed by atoms with Crippen molar-refractivity contribution in [2.75, 3.05) is 0 Å². The maximum atomic E-state index is 12.9. The third-order valence-electron chi connectivity index (χ3n) is 3.08. The predicted octanol–water partition coefficient (Wildman–Crippen LogP) is 4.50. The Hall–Kier alpha value is -2.55. The summed E-state index contributed by atoms with van der Waals surface area (Å²) < 4.78 is 44.4. The first-order valence-electron chi connectivity index (χ1n) is 6.64. The van der Waals surface area contributed by atoms with Gasteiger partial charge in [-0.3, -0.25) is 4.98 Å². The van der Waals surface area contributed by atoms with E-state index in [1.807, 2.05) is 6.92 Å². The summed E-state index contributed by atoms with van der Waals surface area (Å²) in [5, 5.41) is 8.78. The molecule has 0 fully saturated rings. The number of halogens is 3. The summed E-state index contributed by atoms with van der Waals surface area (Å²) in [6, 6.07) is 10.2. The first-order chi connectivity index (χ1) is 10.5. The number of hydrogen-bond acceptors (Lipinski definition) is 3. The summed E-state index contributed by atoms with van der Waals surface area (Å²) in [4.78, 5) is 4.15. The number of nitriles is 1. The molecule has 114 valence electrons. The van der Waals surface area contributed by atoms with E-state index in [-0.39, 0.29) is 5.75 Å². The Morgan fingerprint density at radius 3 is 2.59 bits per heavy atom. The molecule has 22 heavy (non-hydrogen) atoms. The second kappa shape index (κ2) is 6.48. The van der Waals surface area contributed by atoms with E-state index in [4.69, 9.17) is 10.00 Å². The van der Waals surface area contributed by atoms with Crippen LogP contribution in [-0.2, 0) is 6.18 Å². The van der Waals surface area contributed by atoms with Crippen LogP contribution in [0.25, 0.3) is 0 Å². The van der Waals surface area contributed by atoms with Gasteiger partial charge in [0, 0.05) is 6.20 Å². The number of benzene rings is 1. The molecule has 3 nitrogen and oxygen atoms in total. The van der Waals surface area contributed by atoms with Crippen LogP contribution in [0.3, 0.4) is 0 Å². The van der Waals surface area contributed by atoms with Gasteiger partial charge in [-0.2, -0.15) is 18.4 Å². The summed E-state index contributed by atoms with van der Waals surface area (Å²) in [6.07, 6.45) is -2.90. The third kappa shape index (κ3) is 3.55. The van der Waals surface area contributed by atoms with Gasteiger partial charge < -0.3 is 4.74 Å². The van der Waals surface area contributed by atoms with Crippen molar-refractivity contribution in [3.8, 4) is 11.8 Å². The average Bonchev–Trinajstić information content (AvgIpc) is 2.52. The van der Waals surface area contributed by atoms with E-state index >= 15 is 0 Å². The van der Waals surface area contributed by atoms with Crippen molar-refractivity contribution in [2.24, 2.45) is 0 Å². The van der Waals surface area contributed by atoms with Crippen molar-refractivity contribution >= 4 is 0 Å². The molecule has 1 atom stereocenters. The van der Waals surface area contributed by atoms with E-state index in [1.54, 1.807) is 30.5 Å². The molecular weight excluding hydrogens is 293 g/mol. The van der Waals surface area contributed by atoms with Crippen LogP contribution in [0.2, 0.25) is 0 Å². The van der Waals surface area contributed by atoms with Gasteiger partial charge in [-0.25, -0.2) is 0 Å². The van der Waals surface area contributed by atoms with Gasteiger partial charge in [0.2, 0.25) is 0 Å². The van der Waals surface area contributed by atoms with Gasteiger partial charge in [-0.1, -0.05) is 13.0 Å². The second-order valence-corrected chi connectivity index (χ2v) is 4.59. The summed E-state index contributed by atoms with van der Waals surface area (Å²) in [7, 11) is 0. The quantitative estimate of drug-likeness (QED) is 0.835. The molecule has 2 rings (SSSR count). The van der Waals surface area contributed by atoms with E-state index in [0.717, 1.165) is 12.1 Å². The number of aromatic nitrogens is 1. The van der Waals surface area contributed by atoms with E-state index in [9.17, 15) is 13.2 Å². The topological polar surface area (TPSA) is 45.9 Å². The van der Waals surface area contributed by atoms with Crippen molar-refractivity contribution in [3.05, 3.63) is 59.4 Å². The molecule has 1 heterocycles. The van der Waals surface area contributed by atoms with Crippen LogP contribution in [0.4, 0.5) is 13.2 Å².